The number of nitrogens with zero attached hydrogens (tertiary/aromatic N) is 1. The van der Waals surface area contributed by atoms with Crippen molar-refractivity contribution in [3.8, 4) is 11.5 Å². The molecule has 3 N–H and O–H groups in total. The molecule has 0 heterocycles. The number of nitrogens with one attached hydrogen (secondary N) is 1. The minimum Gasteiger partial charge on any atom is -0.494 e. The summed E-state index contributed by atoms with van der Waals surface area (Å²) in [6, 6.07) is 13.0. The highest BCUT2D eigenvalue weighted by Gasteiger charge is 2.30. The van der Waals surface area contributed by atoms with E-state index in [-0.39, 0.29) is 35.7 Å². The maximum absolute atomic E-state index is 12.1. The first-order valence-corrected chi connectivity index (χ1v) is 8.00. The smallest absolute Gasteiger partial charge is 0.494 e. The molecule has 27 heavy (non-hydrogen) atoms. The molecule has 2 aromatic carbocycles. The first-order chi connectivity index (χ1) is 12.4. The molecule has 0 aliphatic heterocycles. The number of guanidine groups is 1. The Labute approximate surface area is 172 Å². The molecule has 2 rings (SSSR count). The second-order valence-corrected chi connectivity index (χ2v) is 5.29. The first kappa shape index (κ1) is 22.9. The van der Waals surface area contributed by atoms with Gasteiger partial charge in [-0.05, 0) is 55.3 Å². The van der Waals surface area contributed by atoms with Crippen molar-refractivity contribution in [1.82, 2.24) is 0 Å². The van der Waals surface area contributed by atoms with Crippen molar-refractivity contribution in [1.29, 1.82) is 0 Å². The molecule has 0 aliphatic rings. The molecule has 2 aromatic rings. The van der Waals surface area contributed by atoms with Gasteiger partial charge in [-0.25, -0.2) is 0 Å². The summed E-state index contributed by atoms with van der Waals surface area (Å²) in [4.78, 5) is 4.20. The number of aliphatic imine (C=N–C) groups is 1. The third kappa shape index (κ3) is 8.85. The maximum atomic E-state index is 12.1. The van der Waals surface area contributed by atoms with Gasteiger partial charge in [0, 0.05) is 12.2 Å². The highest BCUT2D eigenvalue weighted by atomic mass is 127. The Morgan fingerprint density at radius 2 is 1.81 bits per heavy atom. The second kappa shape index (κ2) is 10.9. The minimum absolute atomic E-state index is 0. The lowest BCUT2D eigenvalue weighted by atomic mass is 10.1. The van der Waals surface area contributed by atoms with E-state index in [9.17, 15) is 13.2 Å². The first-order valence-electron chi connectivity index (χ1n) is 8.00. The van der Waals surface area contributed by atoms with Gasteiger partial charge in [0.1, 0.15) is 11.5 Å². The van der Waals surface area contributed by atoms with Gasteiger partial charge in [-0.3, -0.25) is 4.99 Å². The van der Waals surface area contributed by atoms with Crippen LogP contribution in [0, 0.1) is 0 Å². The zero-order chi connectivity index (χ0) is 19.0. The van der Waals surface area contributed by atoms with Gasteiger partial charge in [-0.2, -0.15) is 0 Å². The summed E-state index contributed by atoms with van der Waals surface area (Å²) in [5, 5.41) is 2.82. The van der Waals surface area contributed by atoms with E-state index in [1.54, 1.807) is 0 Å². The second-order valence-electron chi connectivity index (χ2n) is 5.29. The fraction of sp³-hybridized carbons (Fsp3) is 0.278. The standard InChI is InChI=1S/C18H20F3N3O2.HI/c1-2-25-16-5-3-4-13(12-16)10-11-23-17(22)24-14-6-8-15(9-7-14)26-18(19,20)21;/h3-9,12H,2,10-11H2,1H3,(H3,22,23,24);1H. The lowest BCUT2D eigenvalue weighted by molar-refractivity contribution is -0.274. The van der Waals surface area contributed by atoms with Gasteiger partial charge in [-0.15, -0.1) is 37.1 Å². The number of anilines is 1. The van der Waals surface area contributed by atoms with Crippen LogP contribution in [0.1, 0.15) is 12.5 Å². The van der Waals surface area contributed by atoms with Crippen molar-refractivity contribution in [3.63, 3.8) is 0 Å². The lowest BCUT2D eigenvalue weighted by Crippen LogP contribution is -2.23. The molecule has 0 bridgehead atoms. The summed E-state index contributed by atoms with van der Waals surface area (Å²) in [7, 11) is 0. The predicted octanol–water partition coefficient (Wildman–Crippen LogP) is 4.57. The SMILES string of the molecule is CCOc1cccc(CCN=C(N)Nc2ccc(OC(F)(F)F)cc2)c1.I. The van der Waals surface area contributed by atoms with E-state index >= 15 is 0 Å². The average molecular weight is 495 g/mol. The zero-order valence-corrected chi connectivity index (χ0v) is 17.0. The highest BCUT2D eigenvalue weighted by molar-refractivity contribution is 14.0. The molecular weight excluding hydrogens is 474 g/mol. The molecule has 0 atom stereocenters. The molecule has 0 spiro atoms. The summed E-state index contributed by atoms with van der Waals surface area (Å²) in [5.41, 5.74) is 7.37. The number of hydrogen-bond donors (Lipinski definition) is 2. The van der Waals surface area contributed by atoms with Crippen molar-refractivity contribution in [2.45, 2.75) is 19.7 Å². The Bertz CT molecular complexity index is 737. The molecule has 0 aliphatic carbocycles. The molecule has 5 nitrogen and oxygen atoms in total. The normalized spacial score (nSPS) is 11.5. The number of rotatable bonds is 7. The summed E-state index contributed by atoms with van der Waals surface area (Å²) in [6.45, 7) is 2.99. The molecule has 0 radical (unpaired) electrons. The maximum Gasteiger partial charge on any atom is 0.573 e. The van der Waals surface area contributed by atoms with Crippen molar-refractivity contribution >= 4 is 35.6 Å². The van der Waals surface area contributed by atoms with Crippen LogP contribution in [0.15, 0.2) is 53.5 Å². The summed E-state index contributed by atoms with van der Waals surface area (Å²) in [5.74, 6) is 0.685. The Kier molecular flexibility index (Phi) is 9.19. The average Bonchev–Trinajstić information content (AvgIpc) is 2.56. The van der Waals surface area contributed by atoms with Crippen LogP contribution in [-0.4, -0.2) is 25.5 Å². The van der Waals surface area contributed by atoms with Gasteiger partial charge in [0.05, 0.1) is 6.61 Å². The van der Waals surface area contributed by atoms with E-state index < -0.39 is 6.36 Å². The van der Waals surface area contributed by atoms with Crippen molar-refractivity contribution in [2.24, 2.45) is 10.7 Å². The largest absolute Gasteiger partial charge is 0.573 e. The Morgan fingerprint density at radius 3 is 2.44 bits per heavy atom. The van der Waals surface area contributed by atoms with Crippen LogP contribution in [0.3, 0.4) is 0 Å². The van der Waals surface area contributed by atoms with E-state index in [4.69, 9.17) is 10.5 Å². The number of benzene rings is 2. The highest BCUT2D eigenvalue weighted by Crippen LogP contribution is 2.23. The third-order valence-electron chi connectivity index (χ3n) is 3.25. The van der Waals surface area contributed by atoms with Crippen LogP contribution in [-0.2, 0) is 6.42 Å². The summed E-state index contributed by atoms with van der Waals surface area (Å²) in [6.07, 6.45) is -4.03. The number of ether oxygens (including phenoxy) is 2. The summed E-state index contributed by atoms with van der Waals surface area (Å²) >= 11 is 0. The van der Waals surface area contributed by atoms with Crippen LogP contribution < -0.4 is 20.5 Å². The molecule has 148 valence electrons. The summed E-state index contributed by atoms with van der Waals surface area (Å²) < 4.78 is 45.6. The minimum atomic E-state index is -4.71. The predicted molar refractivity (Wildman–Crippen MR) is 110 cm³/mol. The van der Waals surface area contributed by atoms with E-state index in [1.165, 1.54) is 24.3 Å². The van der Waals surface area contributed by atoms with Crippen molar-refractivity contribution in [3.05, 3.63) is 54.1 Å². The van der Waals surface area contributed by atoms with Gasteiger partial charge in [-0.1, -0.05) is 12.1 Å². The molecule has 0 aromatic heterocycles. The van der Waals surface area contributed by atoms with Gasteiger partial charge in [0.25, 0.3) is 0 Å². The Morgan fingerprint density at radius 1 is 1.11 bits per heavy atom. The number of halogens is 4. The van der Waals surface area contributed by atoms with E-state index in [0.29, 0.717) is 25.3 Å². The van der Waals surface area contributed by atoms with Crippen LogP contribution >= 0.6 is 24.0 Å². The van der Waals surface area contributed by atoms with Crippen LogP contribution in [0.4, 0.5) is 18.9 Å². The van der Waals surface area contributed by atoms with Crippen LogP contribution in [0.25, 0.3) is 0 Å². The van der Waals surface area contributed by atoms with E-state index in [0.717, 1.165) is 11.3 Å². The Hall–Kier alpha value is -2.17. The van der Waals surface area contributed by atoms with Gasteiger partial charge in [0.2, 0.25) is 0 Å². The fourth-order valence-electron chi connectivity index (χ4n) is 2.19. The quantitative estimate of drug-likeness (QED) is 0.336. The third-order valence-corrected chi connectivity index (χ3v) is 3.25. The molecule has 0 fully saturated rings. The zero-order valence-electron chi connectivity index (χ0n) is 14.6. The molecular formula is C18H21F3IN3O2. The van der Waals surface area contributed by atoms with Gasteiger partial charge in [0.15, 0.2) is 5.96 Å². The van der Waals surface area contributed by atoms with E-state index in [1.807, 2.05) is 31.2 Å². The molecule has 0 saturated heterocycles. The molecule has 0 unspecified atom stereocenters. The topological polar surface area (TPSA) is 68.9 Å². The molecule has 9 heteroatoms. The van der Waals surface area contributed by atoms with Crippen molar-refractivity contribution < 1.29 is 22.6 Å². The Balaban J connectivity index is 0.00000364. The lowest BCUT2D eigenvalue weighted by Gasteiger charge is -2.10. The fourth-order valence-corrected chi connectivity index (χ4v) is 2.19. The monoisotopic (exact) mass is 495 g/mol. The van der Waals surface area contributed by atoms with E-state index in [2.05, 4.69) is 15.0 Å². The van der Waals surface area contributed by atoms with Crippen LogP contribution in [0.2, 0.25) is 0 Å². The van der Waals surface area contributed by atoms with Gasteiger partial charge < -0.3 is 20.5 Å². The van der Waals surface area contributed by atoms with Gasteiger partial charge >= 0.3 is 6.36 Å². The van der Waals surface area contributed by atoms with Crippen molar-refractivity contribution in [2.75, 3.05) is 18.5 Å². The van der Waals surface area contributed by atoms with Crippen LogP contribution in [0.5, 0.6) is 11.5 Å². The molecule has 0 amide bonds. The number of nitrogens with two attached hydrogens (primary N) is 1. The molecule has 0 saturated carbocycles. The number of alkyl halides is 3. The number of hydrogen-bond acceptors (Lipinski definition) is 3.